The lowest BCUT2D eigenvalue weighted by molar-refractivity contribution is 0.467. The van der Waals surface area contributed by atoms with Gasteiger partial charge in [-0.3, -0.25) is 0 Å². The van der Waals surface area contributed by atoms with Crippen LogP contribution in [0.4, 0.5) is 0 Å². The fourth-order valence-corrected chi connectivity index (χ4v) is 1.73. The predicted molar refractivity (Wildman–Crippen MR) is 60.7 cm³/mol. The first-order valence-electron chi connectivity index (χ1n) is 5.26. The van der Waals surface area contributed by atoms with Gasteiger partial charge in [-0.15, -0.1) is 0 Å². The minimum Gasteiger partial charge on any atom is -0.508 e. The van der Waals surface area contributed by atoms with Gasteiger partial charge in [-0.25, -0.2) is 0 Å². The molecule has 0 amide bonds. The Kier molecular flexibility index (Phi) is 3.75. The van der Waals surface area contributed by atoms with Gasteiger partial charge < -0.3 is 5.11 Å². The van der Waals surface area contributed by atoms with Crippen molar-refractivity contribution in [3.63, 3.8) is 0 Å². The second-order valence-electron chi connectivity index (χ2n) is 3.27. The molecule has 1 aliphatic rings. The molecule has 1 aliphatic carbocycles. The van der Waals surface area contributed by atoms with Gasteiger partial charge in [0.15, 0.2) is 0 Å². The third-order valence-corrected chi connectivity index (χ3v) is 2.42. The topological polar surface area (TPSA) is 20.2 Å². The largest absolute Gasteiger partial charge is 0.508 e. The summed E-state index contributed by atoms with van der Waals surface area (Å²) in [5.74, 6) is 0.879. The summed E-state index contributed by atoms with van der Waals surface area (Å²) >= 11 is 0. The Balaban J connectivity index is 0.000000461. The molecule has 1 nitrogen and oxygen atoms in total. The first-order valence-corrected chi connectivity index (χ1v) is 5.26. The van der Waals surface area contributed by atoms with E-state index >= 15 is 0 Å². The highest BCUT2D eigenvalue weighted by Gasteiger charge is 2.13. The van der Waals surface area contributed by atoms with Crippen LogP contribution in [-0.4, -0.2) is 5.11 Å². The number of fused-ring (bicyclic) bond motifs is 1. The van der Waals surface area contributed by atoms with E-state index in [1.54, 1.807) is 6.07 Å². The fourth-order valence-electron chi connectivity index (χ4n) is 1.73. The Bertz CT molecular complexity index is 326. The van der Waals surface area contributed by atoms with Crippen LogP contribution in [0.3, 0.4) is 0 Å². The van der Waals surface area contributed by atoms with E-state index in [9.17, 15) is 5.11 Å². The van der Waals surface area contributed by atoms with Crippen molar-refractivity contribution in [2.24, 2.45) is 0 Å². The lowest BCUT2D eigenvalue weighted by Gasteiger charge is -2.17. The van der Waals surface area contributed by atoms with Gasteiger partial charge in [0, 0.05) is 5.56 Å². The first-order chi connectivity index (χ1) is 6.79. The van der Waals surface area contributed by atoms with Crippen molar-refractivity contribution in [1.29, 1.82) is 0 Å². The Hall–Kier alpha value is -1.24. The number of phenols is 1. The van der Waals surface area contributed by atoms with E-state index in [0.29, 0.717) is 11.7 Å². The lowest BCUT2D eigenvalue weighted by Crippen LogP contribution is -2.01. The number of benzene rings is 1. The molecule has 76 valence electrons. The third kappa shape index (κ3) is 1.98. The van der Waals surface area contributed by atoms with Gasteiger partial charge in [-0.1, -0.05) is 45.1 Å². The summed E-state index contributed by atoms with van der Waals surface area (Å²) in [4.78, 5) is 0. The standard InChI is InChI=1S/C11H12O.C2H6/c1-8-4-2-6-10-9(8)5-3-7-11(10)12;1-2/h2-5,7-8,12H,6H2,1H3;1-2H3. The Morgan fingerprint density at radius 3 is 2.64 bits per heavy atom. The second-order valence-corrected chi connectivity index (χ2v) is 3.27. The molecule has 1 aromatic rings. The zero-order valence-corrected chi connectivity index (χ0v) is 9.12. The Labute approximate surface area is 86.1 Å². The summed E-state index contributed by atoms with van der Waals surface area (Å²) in [6, 6.07) is 5.75. The smallest absolute Gasteiger partial charge is 0.119 e. The normalized spacial score (nSPS) is 18.1. The molecule has 0 heterocycles. The molecular formula is C13H18O. The molecule has 0 radical (unpaired) electrons. The van der Waals surface area contributed by atoms with Crippen LogP contribution in [0.15, 0.2) is 30.4 Å². The molecule has 1 heteroatoms. The molecule has 14 heavy (non-hydrogen) atoms. The zero-order chi connectivity index (χ0) is 10.6. The summed E-state index contributed by atoms with van der Waals surface area (Å²) in [7, 11) is 0. The molecule has 0 spiro atoms. The Morgan fingerprint density at radius 1 is 1.29 bits per heavy atom. The molecule has 0 saturated heterocycles. The molecule has 1 atom stereocenters. The molecule has 0 aliphatic heterocycles. The minimum absolute atomic E-state index is 0.434. The van der Waals surface area contributed by atoms with Gasteiger partial charge in [0.2, 0.25) is 0 Å². The van der Waals surface area contributed by atoms with Crippen LogP contribution >= 0.6 is 0 Å². The van der Waals surface area contributed by atoms with E-state index in [1.165, 1.54) is 5.56 Å². The highest BCUT2D eigenvalue weighted by molar-refractivity contribution is 5.45. The summed E-state index contributed by atoms with van der Waals surface area (Å²) in [5.41, 5.74) is 2.35. The predicted octanol–water partition coefficient (Wildman–Crippen LogP) is 3.63. The van der Waals surface area contributed by atoms with Crippen molar-refractivity contribution >= 4 is 0 Å². The van der Waals surface area contributed by atoms with Crippen molar-refractivity contribution in [2.75, 3.05) is 0 Å². The number of allylic oxidation sites excluding steroid dienone is 2. The molecule has 0 aromatic heterocycles. The lowest BCUT2D eigenvalue weighted by atomic mass is 9.89. The molecule has 0 saturated carbocycles. The van der Waals surface area contributed by atoms with Gasteiger partial charge in [0.25, 0.3) is 0 Å². The van der Waals surface area contributed by atoms with Gasteiger partial charge in [-0.2, -0.15) is 0 Å². The molecule has 0 bridgehead atoms. The number of aromatic hydroxyl groups is 1. The summed E-state index contributed by atoms with van der Waals surface area (Å²) < 4.78 is 0. The van der Waals surface area contributed by atoms with Crippen molar-refractivity contribution in [3.05, 3.63) is 41.5 Å². The fraction of sp³-hybridized carbons (Fsp3) is 0.385. The van der Waals surface area contributed by atoms with Gasteiger partial charge in [0.05, 0.1) is 0 Å². The molecule has 1 unspecified atom stereocenters. The van der Waals surface area contributed by atoms with Crippen LogP contribution in [0.25, 0.3) is 0 Å². The molecule has 1 N–H and O–H groups in total. The molecular weight excluding hydrogens is 172 g/mol. The quantitative estimate of drug-likeness (QED) is 0.619. The van der Waals surface area contributed by atoms with Crippen LogP contribution in [0.5, 0.6) is 5.75 Å². The van der Waals surface area contributed by atoms with Crippen molar-refractivity contribution in [2.45, 2.75) is 33.1 Å². The number of hydrogen-bond acceptors (Lipinski definition) is 1. The summed E-state index contributed by atoms with van der Waals surface area (Å²) in [6.45, 7) is 6.15. The molecule has 0 fully saturated rings. The van der Waals surface area contributed by atoms with E-state index in [0.717, 1.165) is 12.0 Å². The van der Waals surface area contributed by atoms with E-state index in [2.05, 4.69) is 25.1 Å². The van der Waals surface area contributed by atoms with E-state index in [4.69, 9.17) is 0 Å². The first kappa shape index (κ1) is 10.8. The van der Waals surface area contributed by atoms with Gasteiger partial charge >= 0.3 is 0 Å². The van der Waals surface area contributed by atoms with Crippen molar-refractivity contribution < 1.29 is 5.11 Å². The van der Waals surface area contributed by atoms with Gasteiger partial charge in [-0.05, 0) is 24.0 Å². The molecule has 1 aromatic carbocycles. The van der Waals surface area contributed by atoms with Crippen LogP contribution in [0, 0.1) is 0 Å². The second kappa shape index (κ2) is 4.85. The van der Waals surface area contributed by atoms with Crippen LogP contribution in [-0.2, 0) is 6.42 Å². The monoisotopic (exact) mass is 190 g/mol. The summed E-state index contributed by atoms with van der Waals surface area (Å²) in [6.07, 6.45) is 5.17. The van der Waals surface area contributed by atoms with E-state index < -0.39 is 0 Å². The maximum absolute atomic E-state index is 9.54. The highest BCUT2D eigenvalue weighted by atomic mass is 16.3. The third-order valence-electron chi connectivity index (χ3n) is 2.42. The zero-order valence-electron chi connectivity index (χ0n) is 9.12. The molecule has 2 rings (SSSR count). The average molecular weight is 190 g/mol. The number of phenolic OH excluding ortho intramolecular Hbond substituents is 1. The Morgan fingerprint density at radius 2 is 2.00 bits per heavy atom. The highest BCUT2D eigenvalue weighted by Crippen LogP contribution is 2.31. The number of rotatable bonds is 0. The van der Waals surface area contributed by atoms with Crippen molar-refractivity contribution in [1.82, 2.24) is 0 Å². The van der Waals surface area contributed by atoms with Crippen LogP contribution in [0.2, 0.25) is 0 Å². The van der Waals surface area contributed by atoms with Crippen LogP contribution < -0.4 is 0 Å². The summed E-state index contributed by atoms with van der Waals surface area (Å²) in [5, 5.41) is 9.54. The van der Waals surface area contributed by atoms with E-state index in [-0.39, 0.29) is 0 Å². The minimum atomic E-state index is 0.434. The van der Waals surface area contributed by atoms with Crippen molar-refractivity contribution in [3.8, 4) is 5.75 Å². The van der Waals surface area contributed by atoms with Crippen LogP contribution in [0.1, 0.15) is 37.8 Å². The maximum atomic E-state index is 9.54. The number of hydrogen-bond donors (Lipinski definition) is 1. The van der Waals surface area contributed by atoms with Gasteiger partial charge in [0.1, 0.15) is 5.75 Å². The van der Waals surface area contributed by atoms with E-state index in [1.807, 2.05) is 19.9 Å². The SMILES string of the molecule is CC.CC1C=CCc2c(O)cccc21. The maximum Gasteiger partial charge on any atom is 0.119 e. The average Bonchev–Trinajstić information content (AvgIpc) is 2.23.